The van der Waals surface area contributed by atoms with Crippen LogP contribution >= 0.6 is 0 Å². The van der Waals surface area contributed by atoms with Crippen LogP contribution < -0.4 is 16.0 Å². The molecule has 1 aliphatic rings. The van der Waals surface area contributed by atoms with Crippen molar-refractivity contribution in [2.75, 3.05) is 20.1 Å². The Morgan fingerprint density at radius 1 is 1.22 bits per heavy atom. The summed E-state index contributed by atoms with van der Waals surface area (Å²) in [5.74, 6) is 1.81. The van der Waals surface area contributed by atoms with Gasteiger partial charge in [-0.05, 0) is 25.7 Å². The van der Waals surface area contributed by atoms with Gasteiger partial charge in [0.05, 0.1) is 0 Å². The molecular weight excluding hydrogens is 228 g/mol. The molecule has 0 aromatic carbocycles. The van der Waals surface area contributed by atoms with Crippen LogP contribution in [0.5, 0.6) is 0 Å². The molecule has 3 N–H and O–H groups in total. The van der Waals surface area contributed by atoms with E-state index in [2.05, 4.69) is 41.7 Å². The Kier molecular flexibility index (Phi) is 5.95. The molecule has 5 heteroatoms. The number of carbonyl (C=O) groups is 1. The minimum absolute atomic E-state index is 0.190. The number of guanidine groups is 1. The Hall–Kier alpha value is -1.26. The summed E-state index contributed by atoms with van der Waals surface area (Å²) in [7, 11) is 1.76. The van der Waals surface area contributed by atoms with E-state index in [1.54, 1.807) is 7.05 Å². The van der Waals surface area contributed by atoms with Gasteiger partial charge >= 0.3 is 0 Å². The van der Waals surface area contributed by atoms with E-state index >= 15 is 0 Å². The average Bonchev–Trinajstić information content (AvgIpc) is 3.16. The fourth-order valence-corrected chi connectivity index (χ4v) is 1.43. The Labute approximate surface area is 110 Å². The summed E-state index contributed by atoms with van der Waals surface area (Å²) < 4.78 is 0. The molecule has 1 atom stereocenters. The van der Waals surface area contributed by atoms with Crippen LogP contribution in [0.15, 0.2) is 4.99 Å². The van der Waals surface area contributed by atoms with Crippen LogP contribution in [0, 0.1) is 11.8 Å². The van der Waals surface area contributed by atoms with Crippen molar-refractivity contribution >= 4 is 11.9 Å². The minimum atomic E-state index is 0.190. The standard InChI is InChI=1S/C13H26N4O/c1-9(2)10(3)17-13(14-4)16-8-7-15-12(18)11-5-6-11/h9-11H,5-8H2,1-4H3,(H,15,18)(H2,14,16,17). The summed E-state index contributed by atoms with van der Waals surface area (Å²) in [4.78, 5) is 15.6. The lowest BCUT2D eigenvalue weighted by Gasteiger charge is -2.20. The molecular formula is C13H26N4O. The predicted molar refractivity (Wildman–Crippen MR) is 74.5 cm³/mol. The van der Waals surface area contributed by atoms with Crippen molar-refractivity contribution in [2.45, 2.75) is 39.7 Å². The second-order valence-corrected chi connectivity index (χ2v) is 5.24. The number of carbonyl (C=O) groups excluding carboxylic acids is 1. The topological polar surface area (TPSA) is 65.5 Å². The molecule has 1 unspecified atom stereocenters. The summed E-state index contributed by atoms with van der Waals surface area (Å²) in [6.07, 6.45) is 2.10. The van der Waals surface area contributed by atoms with Crippen molar-refractivity contribution in [3.05, 3.63) is 0 Å². The molecule has 5 nitrogen and oxygen atoms in total. The van der Waals surface area contributed by atoms with Gasteiger partial charge in [0, 0.05) is 32.1 Å². The van der Waals surface area contributed by atoms with Crippen LogP contribution in [0.25, 0.3) is 0 Å². The second-order valence-electron chi connectivity index (χ2n) is 5.24. The van der Waals surface area contributed by atoms with Gasteiger partial charge in [0.1, 0.15) is 0 Å². The largest absolute Gasteiger partial charge is 0.355 e. The van der Waals surface area contributed by atoms with E-state index in [0.717, 1.165) is 18.8 Å². The molecule has 0 spiro atoms. The monoisotopic (exact) mass is 254 g/mol. The van der Waals surface area contributed by atoms with E-state index < -0.39 is 0 Å². The van der Waals surface area contributed by atoms with Gasteiger partial charge in [-0.3, -0.25) is 9.79 Å². The third-order valence-electron chi connectivity index (χ3n) is 3.25. The molecule has 1 saturated carbocycles. The molecule has 1 amide bonds. The smallest absolute Gasteiger partial charge is 0.223 e. The Morgan fingerprint density at radius 2 is 1.83 bits per heavy atom. The van der Waals surface area contributed by atoms with Crippen molar-refractivity contribution in [1.29, 1.82) is 0 Å². The van der Waals surface area contributed by atoms with Gasteiger partial charge in [-0.25, -0.2) is 0 Å². The number of nitrogens with zero attached hydrogens (tertiary/aromatic N) is 1. The second kappa shape index (κ2) is 7.24. The Bertz CT molecular complexity index is 297. The molecule has 0 aliphatic heterocycles. The van der Waals surface area contributed by atoms with E-state index in [1.165, 1.54) is 0 Å². The number of amides is 1. The van der Waals surface area contributed by atoms with Crippen molar-refractivity contribution in [2.24, 2.45) is 16.8 Å². The zero-order valence-corrected chi connectivity index (χ0v) is 11.9. The molecule has 0 saturated heterocycles. The predicted octanol–water partition coefficient (Wildman–Crippen LogP) is 0.722. The van der Waals surface area contributed by atoms with E-state index in [1.807, 2.05) is 0 Å². The number of rotatable bonds is 6. The fraction of sp³-hybridized carbons (Fsp3) is 0.846. The summed E-state index contributed by atoms with van der Waals surface area (Å²) >= 11 is 0. The molecule has 0 bridgehead atoms. The molecule has 1 rings (SSSR count). The molecule has 18 heavy (non-hydrogen) atoms. The lowest BCUT2D eigenvalue weighted by Crippen LogP contribution is -2.46. The van der Waals surface area contributed by atoms with Gasteiger partial charge in [0.25, 0.3) is 0 Å². The molecule has 1 fully saturated rings. The normalized spacial score (nSPS) is 17.5. The van der Waals surface area contributed by atoms with Gasteiger partial charge in [-0.15, -0.1) is 0 Å². The van der Waals surface area contributed by atoms with Crippen LogP contribution in [0.4, 0.5) is 0 Å². The van der Waals surface area contributed by atoms with Crippen LogP contribution in [-0.2, 0) is 4.79 Å². The van der Waals surface area contributed by atoms with Gasteiger partial charge in [0.15, 0.2) is 5.96 Å². The third-order valence-corrected chi connectivity index (χ3v) is 3.25. The third kappa shape index (κ3) is 5.38. The van der Waals surface area contributed by atoms with Crippen LogP contribution in [0.1, 0.15) is 33.6 Å². The maximum Gasteiger partial charge on any atom is 0.223 e. The van der Waals surface area contributed by atoms with E-state index in [0.29, 0.717) is 25.0 Å². The maximum atomic E-state index is 11.4. The number of hydrogen-bond acceptors (Lipinski definition) is 2. The van der Waals surface area contributed by atoms with Crippen molar-refractivity contribution in [3.8, 4) is 0 Å². The Morgan fingerprint density at radius 3 is 2.33 bits per heavy atom. The van der Waals surface area contributed by atoms with Gasteiger partial charge in [-0.1, -0.05) is 13.8 Å². The number of aliphatic imine (C=N–C) groups is 1. The van der Waals surface area contributed by atoms with Crippen LogP contribution in [-0.4, -0.2) is 38.0 Å². The molecule has 0 aromatic rings. The first-order valence-corrected chi connectivity index (χ1v) is 6.79. The average molecular weight is 254 g/mol. The van der Waals surface area contributed by atoms with E-state index in [4.69, 9.17) is 0 Å². The summed E-state index contributed by atoms with van der Waals surface area (Å²) in [6, 6.07) is 0.372. The molecule has 104 valence electrons. The molecule has 0 heterocycles. The summed E-state index contributed by atoms with van der Waals surface area (Å²) in [5.41, 5.74) is 0. The molecule has 0 radical (unpaired) electrons. The van der Waals surface area contributed by atoms with Crippen LogP contribution in [0.2, 0.25) is 0 Å². The SMILES string of the molecule is CN=C(NCCNC(=O)C1CC1)NC(C)C(C)C. The molecule has 1 aliphatic carbocycles. The van der Waals surface area contributed by atoms with Crippen LogP contribution in [0.3, 0.4) is 0 Å². The number of hydrogen-bond donors (Lipinski definition) is 3. The highest BCUT2D eigenvalue weighted by Gasteiger charge is 2.28. The maximum absolute atomic E-state index is 11.4. The molecule has 0 aromatic heterocycles. The first-order valence-electron chi connectivity index (χ1n) is 6.79. The summed E-state index contributed by atoms with van der Waals surface area (Å²) in [6.45, 7) is 7.81. The first-order chi connectivity index (χ1) is 8.54. The summed E-state index contributed by atoms with van der Waals surface area (Å²) in [5, 5.41) is 9.43. The lowest BCUT2D eigenvalue weighted by atomic mass is 10.1. The van der Waals surface area contributed by atoms with E-state index in [9.17, 15) is 4.79 Å². The zero-order chi connectivity index (χ0) is 13.5. The fourth-order valence-electron chi connectivity index (χ4n) is 1.43. The van der Waals surface area contributed by atoms with E-state index in [-0.39, 0.29) is 11.8 Å². The highest BCUT2D eigenvalue weighted by Crippen LogP contribution is 2.28. The number of nitrogens with one attached hydrogen (secondary N) is 3. The quantitative estimate of drug-likeness (QED) is 0.372. The van der Waals surface area contributed by atoms with Crippen molar-refractivity contribution < 1.29 is 4.79 Å². The first kappa shape index (κ1) is 14.8. The van der Waals surface area contributed by atoms with Crippen molar-refractivity contribution in [3.63, 3.8) is 0 Å². The van der Waals surface area contributed by atoms with Crippen molar-refractivity contribution in [1.82, 2.24) is 16.0 Å². The highest BCUT2D eigenvalue weighted by atomic mass is 16.2. The lowest BCUT2D eigenvalue weighted by molar-refractivity contribution is -0.122. The highest BCUT2D eigenvalue weighted by molar-refractivity contribution is 5.81. The van der Waals surface area contributed by atoms with Gasteiger partial charge in [0.2, 0.25) is 5.91 Å². The zero-order valence-electron chi connectivity index (χ0n) is 11.9. The minimum Gasteiger partial charge on any atom is -0.355 e. The Balaban J connectivity index is 2.13. The van der Waals surface area contributed by atoms with Gasteiger partial charge < -0.3 is 16.0 Å². The van der Waals surface area contributed by atoms with Gasteiger partial charge in [-0.2, -0.15) is 0 Å².